The normalized spacial score (nSPS) is 11.8. The van der Waals surface area contributed by atoms with E-state index < -0.39 is 0 Å². The number of fused-ring (bicyclic) bond motifs is 10. The third kappa shape index (κ3) is 3.60. The summed E-state index contributed by atoms with van der Waals surface area (Å²) in [6.07, 6.45) is 0. The molecule has 0 saturated heterocycles. The molecule has 0 fully saturated rings. The van der Waals surface area contributed by atoms with Crippen LogP contribution >= 0.6 is 0 Å². The summed E-state index contributed by atoms with van der Waals surface area (Å²) in [6.45, 7) is 0. The highest BCUT2D eigenvalue weighted by atomic mass is 16.3. The zero-order chi connectivity index (χ0) is 31.1. The largest absolute Gasteiger partial charge is 0.455 e. The quantitative estimate of drug-likeness (QED) is 0.186. The van der Waals surface area contributed by atoms with Crippen LogP contribution in [0.2, 0.25) is 0 Å². The monoisotopic (exact) mass is 595 g/mol. The summed E-state index contributed by atoms with van der Waals surface area (Å²) in [5.41, 5.74) is 7.03. The summed E-state index contributed by atoms with van der Waals surface area (Å²) in [5, 5.41) is 23.7. The Hall–Kier alpha value is -6.43. The Kier molecular flexibility index (Phi) is 5.38. The number of furan rings is 1. The molecule has 0 amide bonds. The smallest absolute Gasteiger partial charge is 0.143 e. The number of hydrogen-bond donors (Lipinski definition) is 0. The van der Waals surface area contributed by atoms with Crippen molar-refractivity contribution in [3.05, 3.63) is 157 Å². The van der Waals surface area contributed by atoms with Gasteiger partial charge in [0.1, 0.15) is 11.2 Å². The molecular weight excluding hydrogens is 571 g/mol. The molecule has 0 aliphatic rings. The summed E-state index contributed by atoms with van der Waals surface area (Å²) in [5.74, 6) is 0. The van der Waals surface area contributed by atoms with Gasteiger partial charge in [-0.3, -0.25) is 0 Å². The van der Waals surface area contributed by atoms with Gasteiger partial charge >= 0.3 is 0 Å². The van der Waals surface area contributed by atoms with Crippen molar-refractivity contribution in [2.24, 2.45) is 0 Å². The van der Waals surface area contributed by atoms with Gasteiger partial charge in [-0.1, -0.05) is 133 Å². The highest BCUT2D eigenvalue weighted by Crippen LogP contribution is 2.49. The first-order valence-corrected chi connectivity index (χ1v) is 15.9. The van der Waals surface area contributed by atoms with Crippen LogP contribution < -0.4 is 0 Å². The number of rotatable bonds is 2. The molecule has 1 heterocycles. The molecule has 10 rings (SSSR count). The molecule has 47 heavy (non-hydrogen) atoms. The number of nitriles is 1. The maximum atomic E-state index is 9.92. The van der Waals surface area contributed by atoms with Gasteiger partial charge in [-0.2, -0.15) is 5.26 Å². The standard InChI is InChI=1S/C45H25NO/c46-26-29-21-23-38(33-16-6-5-13-30(29)33)41-34-17-7-9-19-36(34)42(37-20-10-8-18-35(37)41)39-25-28-12-2-4-15-32(28)44-43-31-14-3-1-11-27(31)22-24-40(43)47-45(39)44/h1-25H. The molecule has 9 aromatic carbocycles. The molecular formula is C45H25NO. The Morgan fingerprint density at radius 1 is 0.404 bits per heavy atom. The maximum Gasteiger partial charge on any atom is 0.143 e. The fourth-order valence-electron chi connectivity index (χ4n) is 7.90. The highest BCUT2D eigenvalue weighted by molar-refractivity contribution is 6.32. The second kappa shape index (κ2) is 9.78. The van der Waals surface area contributed by atoms with E-state index in [0.29, 0.717) is 5.56 Å². The average molecular weight is 596 g/mol. The molecule has 2 nitrogen and oxygen atoms in total. The van der Waals surface area contributed by atoms with Gasteiger partial charge in [-0.25, -0.2) is 0 Å². The molecule has 0 unspecified atom stereocenters. The van der Waals surface area contributed by atoms with Crippen LogP contribution in [0.4, 0.5) is 0 Å². The second-order valence-electron chi connectivity index (χ2n) is 12.3. The van der Waals surface area contributed by atoms with Crippen molar-refractivity contribution in [3.8, 4) is 28.3 Å². The molecule has 0 radical (unpaired) electrons. The number of benzene rings is 9. The van der Waals surface area contributed by atoms with Gasteiger partial charge in [0.05, 0.1) is 11.6 Å². The lowest BCUT2D eigenvalue weighted by Gasteiger charge is -2.19. The minimum Gasteiger partial charge on any atom is -0.455 e. The van der Waals surface area contributed by atoms with Crippen LogP contribution in [-0.4, -0.2) is 0 Å². The van der Waals surface area contributed by atoms with Gasteiger partial charge in [0, 0.05) is 27.3 Å². The first-order valence-electron chi connectivity index (χ1n) is 15.9. The summed E-state index contributed by atoms with van der Waals surface area (Å²) in [4.78, 5) is 0. The zero-order valence-corrected chi connectivity index (χ0v) is 25.3. The minimum atomic E-state index is 0.686. The van der Waals surface area contributed by atoms with Crippen molar-refractivity contribution in [3.63, 3.8) is 0 Å². The lowest BCUT2D eigenvalue weighted by molar-refractivity contribution is 0.670. The molecule has 0 saturated carbocycles. The van der Waals surface area contributed by atoms with E-state index in [-0.39, 0.29) is 0 Å². The molecule has 0 spiro atoms. The van der Waals surface area contributed by atoms with Crippen molar-refractivity contribution in [1.29, 1.82) is 5.26 Å². The van der Waals surface area contributed by atoms with Crippen LogP contribution in [0.25, 0.3) is 98.1 Å². The number of nitrogens with zero attached hydrogens (tertiary/aromatic N) is 1. The lowest BCUT2D eigenvalue weighted by atomic mass is 9.83. The van der Waals surface area contributed by atoms with E-state index in [9.17, 15) is 5.26 Å². The molecule has 2 heteroatoms. The van der Waals surface area contributed by atoms with Crippen molar-refractivity contribution < 1.29 is 4.42 Å². The summed E-state index contributed by atoms with van der Waals surface area (Å²) < 4.78 is 6.92. The molecule has 0 N–H and O–H groups in total. The summed E-state index contributed by atoms with van der Waals surface area (Å²) in [6, 6.07) is 56.0. The average Bonchev–Trinajstić information content (AvgIpc) is 3.54. The van der Waals surface area contributed by atoms with Gasteiger partial charge in [0.2, 0.25) is 0 Å². The minimum absolute atomic E-state index is 0.686. The van der Waals surface area contributed by atoms with Crippen LogP contribution in [0.15, 0.2) is 156 Å². The van der Waals surface area contributed by atoms with Crippen LogP contribution in [0.3, 0.4) is 0 Å². The van der Waals surface area contributed by atoms with E-state index in [4.69, 9.17) is 4.42 Å². The Balaban J connectivity index is 1.41. The van der Waals surface area contributed by atoms with E-state index in [1.54, 1.807) is 0 Å². The first kappa shape index (κ1) is 25.9. The predicted octanol–water partition coefficient (Wildman–Crippen LogP) is 12.6. The highest BCUT2D eigenvalue weighted by Gasteiger charge is 2.23. The fourth-order valence-corrected chi connectivity index (χ4v) is 7.90. The molecule has 0 aliphatic heterocycles. The van der Waals surface area contributed by atoms with Crippen molar-refractivity contribution in [1.82, 2.24) is 0 Å². The molecule has 0 aliphatic carbocycles. The van der Waals surface area contributed by atoms with E-state index in [0.717, 1.165) is 60.2 Å². The van der Waals surface area contributed by atoms with E-state index in [2.05, 4.69) is 140 Å². The van der Waals surface area contributed by atoms with Crippen LogP contribution in [0.5, 0.6) is 0 Å². The molecule has 0 atom stereocenters. The summed E-state index contributed by atoms with van der Waals surface area (Å²) in [7, 11) is 0. The topological polar surface area (TPSA) is 36.9 Å². The lowest BCUT2D eigenvalue weighted by Crippen LogP contribution is -1.93. The van der Waals surface area contributed by atoms with Crippen molar-refractivity contribution in [2.75, 3.05) is 0 Å². The van der Waals surface area contributed by atoms with Gasteiger partial charge in [0.25, 0.3) is 0 Å². The molecule has 1 aromatic heterocycles. The predicted molar refractivity (Wildman–Crippen MR) is 197 cm³/mol. The fraction of sp³-hybridized carbons (Fsp3) is 0. The SMILES string of the molecule is N#Cc1ccc(-c2c3ccccc3c(-c3cc4ccccc4c4c3oc3ccc5ccccc5c34)c3ccccc23)c2ccccc12. The van der Waals surface area contributed by atoms with Crippen molar-refractivity contribution in [2.45, 2.75) is 0 Å². The van der Waals surface area contributed by atoms with E-state index in [1.165, 1.54) is 37.9 Å². The zero-order valence-electron chi connectivity index (χ0n) is 25.3. The van der Waals surface area contributed by atoms with E-state index in [1.807, 2.05) is 18.2 Å². The Morgan fingerprint density at radius 2 is 0.915 bits per heavy atom. The van der Waals surface area contributed by atoms with Gasteiger partial charge in [-0.05, 0) is 77.8 Å². The van der Waals surface area contributed by atoms with Crippen LogP contribution in [-0.2, 0) is 0 Å². The Labute approximate surface area is 270 Å². The maximum absolute atomic E-state index is 9.92. The Morgan fingerprint density at radius 3 is 1.55 bits per heavy atom. The molecule has 0 bridgehead atoms. The molecule has 10 aromatic rings. The van der Waals surface area contributed by atoms with Crippen molar-refractivity contribution >= 4 is 75.8 Å². The van der Waals surface area contributed by atoms with E-state index >= 15 is 0 Å². The Bertz CT molecular complexity index is 2920. The van der Waals surface area contributed by atoms with Crippen LogP contribution in [0.1, 0.15) is 5.56 Å². The third-order valence-corrected chi connectivity index (χ3v) is 9.87. The van der Waals surface area contributed by atoms with Crippen LogP contribution in [0, 0.1) is 11.3 Å². The van der Waals surface area contributed by atoms with Gasteiger partial charge in [0.15, 0.2) is 0 Å². The van der Waals surface area contributed by atoms with Gasteiger partial charge < -0.3 is 4.42 Å². The van der Waals surface area contributed by atoms with Gasteiger partial charge in [-0.15, -0.1) is 0 Å². The third-order valence-electron chi connectivity index (χ3n) is 9.87. The second-order valence-corrected chi connectivity index (χ2v) is 12.3. The molecule has 216 valence electrons. The number of hydrogen-bond acceptors (Lipinski definition) is 2. The first-order chi connectivity index (χ1) is 23.3. The summed E-state index contributed by atoms with van der Waals surface area (Å²) >= 11 is 0.